The van der Waals surface area contributed by atoms with Crippen molar-refractivity contribution in [3.8, 4) is 5.75 Å². The highest BCUT2D eigenvalue weighted by Gasteiger charge is 2.20. The Morgan fingerprint density at radius 3 is 2.67 bits per heavy atom. The number of esters is 1. The van der Waals surface area contributed by atoms with Crippen molar-refractivity contribution in [2.45, 2.75) is 33.2 Å². The number of aryl methyl sites for hydroxylation is 3. The Balaban J connectivity index is 1.39. The molecule has 2 aromatic heterocycles. The highest BCUT2D eigenvalue weighted by molar-refractivity contribution is 7.20. The van der Waals surface area contributed by atoms with E-state index < -0.39 is 5.97 Å². The molecule has 4 aromatic rings. The van der Waals surface area contributed by atoms with Gasteiger partial charge in [0.15, 0.2) is 0 Å². The van der Waals surface area contributed by atoms with Crippen molar-refractivity contribution in [3.05, 3.63) is 92.8 Å². The molecule has 0 atom stereocenters. The van der Waals surface area contributed by atoms with Crippen molar-refractivity contribution < 1.29 is 14.3 Å². The van der Waals surface area contributed by atoms with Gasteiger partial charge in [0.05, 0.1) is 24.9 Å². The van der Waals surface area contributed by atoms with Crippen molar-refractivity contribution in [2.24, 2.45) is 0 Å². The molecule has 6 nitrogen and oxygen atoms in total. The Morgan fingerprint density at radius 1 is 1.06 bits per heavy atom. The normalized spacial score (nSPS) is 11.0. The van der Waals surface area contributed by atoms with Crippen LogP contribution in [0, 0.1) is 13.8 Å². The van der Waals surface area contributed by atoms with Crippen molar-refractivity contribution in [1.82, 2.24) is 9.55 Å². The molecule has 0 spiro atoms. The van der Waals surface area contributed by atoms with Gasteiger partial charge in [-0.15, -0.1) is 11.3 Å². The van der Waals surface area contributed by atoms with Gasteiger partial charge in [0.2, 0.25) is 0 Å². The molecule has 0 N–H and O–H groups in total. The van der Waals surface area contributed by atoms with Crippen LogP contribution < -0.4 is 10.3 Å². The molecule has 0 unspecified atom stereocenters. The maximum atomic E-state index is 13.0. The molecule has 0 bridgehead atoms. The first-order chi connectivity index (χ1) is 16.0. The van der Waals surface area contributed by atoms with Gasteiger partial charge >= 0.3 is 5.97 Å². The minimum atomic E-state index is -0.413. The van der Waals surface area contributed by atoms with Gasteiger partial charge < -0.3 is 9.47 Å². The summed E-state index contributed by atoms with van der Waals surface area (Å²) in [6.45, 7) is 5.06. The van der Waals surface area contributed by atoms with Crippen LogP contribution in [-0.4, -0.2) is 28.7 Å². The van der Waals surface area contributed by atoms with E-state index in [1.165, 1.54) is 17.7 Å². The maximum Gasteiger partial charge on any atom is 0.348 e. The van der Waals surface area contributed by atoms with E-state index >= 15 is 0 Å². The van der Waals surface area contributed by atoms with E-state index in [2.05, 4.69) is 4.98 Å². The summed E-state index contributed by atoms with van der Waals surface area (Å²) in [6, 6.07) is 17.7. The molecule has 0 aliphatic heterocycles. The summed E-state index contributed by atoms with van der Waals surface area (Å²) in [5, 5.41) is 0.483. The molecule has 0 saturated carbocycles. The first-order valence-corrected chi connectivity index (χ1v) is 11.7. The molecule has 0 amide bonds. The first-order valence-electron chi connectivity index (χ1n) is 10.9. The van der Waals surface area contributed by atoms with Gasteiger partial charge in [0.1, 0.15) is 15.5 Å². The maximum absolute atomic E-state index is 13.0. The zero-order chi connectivity index (χ0) is 23.2. The van der Waals surface area contributed by atoms with Gasteiger partial charge in [-0.2, -0.15) is 0 Å². The van der Waals surface area contributed by atoms with Gasteiger partial charge in [-0.25, -0.2) is 9.78 Å². The lowest BCUT2D eigenvalue weighted by atomic mass is 10.2. The zero-order valence-electron chi connectivity index (χ0n) is 18.7. The standard InChI is InChI=1S/C26H26N2O4S/c1-18-8-6-11-21(16-18)31-14-7-13-28-17-27-24-22(25(28)29)19(2)23(33-24)26(30)32-15-12-20-9-4-3-5-10-20/h3-6,8-11,16-17H,7,12-15H2,1-2H3. The fraction of sp³-hybridized carbons (Fsp3) is 0.269. The number of hydrogen-bond donors (Lipinski definition) is 0. The molecule has 4 rings (SSSR count). The quantitative estimate of drug-likeness (QED) is 0.260. The second-order valence-electron chi connectivity index (χ2n) is 7.87. The van der Waals surface area contributed by atoms with Crippen LogP contribution in [0.4, 0.5) is 0 Å². The van der Waals surface area contributed by atoms with Gasteiger partial charge in [0.25, 0.3) is 5.56 Å². The lowest BCUT2D eigenvalue weighted by Gasteiger charge is -2.08. The Kier molecular flexibility index (Phi) is 7.19. The number of hydrogen-bond acceptors (Lipinski definition) is 6. The van der Waals surface area contributed by atoms with Crippen LogP contribution in [-0.2, 0) is 17.7 Å². The van der Waals surface area contributed by atoms with Gasteiger partial charge in [-0.3, -0.25) is 9.36 Å². The average molecular weight is 463 g/mol. The molecular weight excluding hydrogens is 436 g/mol. The molecule has 2 aromatic carbocycles. The number of thiophene rings is 1. The molecule has 7 heteroatoms. The smallest absolute Gasteiger partial charge is 0.348 e. The molecule has 0 aliphatic rings. The number of fused-ring (bicyclic) bond motifs is 1. The third-order valence-electron chi connectivity index (χ3n) is 5.37. The fourth-order valence-corrected chi connectivity index (χ4v) is 4.65. The summed E-state index contributed by atoms with van der Waals surface area (Å²) in [4.78, 5) is 31.1. The van der Waals surface area contributed by atoms with Crippen LogP contribution in [0.1, 0.15) is 32.8 Å². The van der Waals surface area contributed by atoms with Crippen LogP contribution in [0.15, 0.2) is 65.7 Å². The molecule has 0 saturated heterocycles. The summed E-state index contributed by atoms with van der Waals surface area (Å²) < 4.78 is 12.8. The van der Waals surface area contributed by atoms with E-state index in [9.17, 15) is 9.59 Å². The van der Waals surface area contributed by atoms with Crippen LogP contribution >= 0.6 is 11.3 Å². The third-order valence-corrected chi connectivity index (χ3v) is 6.55. The zero-order valence-corrected chi connectivity index (χ0v) is 19.6. The number of carbonyl (C=O) groups excluding carboxylic acids is 1. The third kappa shape index (κ3) is 5.49. The Morgan fingerprint density at radius 2 is 1.88 bits per heavy atom. The number of ether oxygens (including phenoxy) is 2. The van der Waals surface area contributed by atoms with Crippen LogP contribution in [0.5, 0.6) is 5.75 Å². The van der Waals surface area contributed by atoms with E-state index in [0.717, 1.165) is 16.9 Å². The fourth-order valence-electron chi connectivity index (χ4n) is 3.62. The van der Waals surface area contributed by atoms with Crippen LogP contribution in [0.25, 0.3) is 10.2 Å². The Hall–Kier alpha value is -3.45. The molecule has 0 radical (unpaired) electrons. The lowest BCUT2D eigenvalue weighted by molar-refractivity contribution is 0.0514. The topological polar surface area (TPSA) is 70.4 Å². The summed E-state index contributed by atoms with van der Waals surface area (Å²) in [5.41, 5.74) is 2.73. The number of nitrogens with zero attached hydrogens (tertiary/aromatic N) is 2. The predicted molar refractivity (Wildman–Crippen MR) is 130 cm³/mol. The number of carbonyl (C=O) groups is 1. The van der Waals surface area contributed by atoms with Crippen molar-refractivity contribution in [1.29, 1.82) is 0 Å². The summed E-state index contributed by atoms with van der Waals surface area (Å²) >= 11 is 1.20. The van der Waals surface area contributed by atoms with Crippen molar-refractivity contribution >= 4 is 27.5 Å². The Bertz CT molecular complexity index is 1310. The predicted octanol–water partition coefficient (Wildman–Crippen LogP) is 4.94. The summed E-state index contributed by atoms with van der Waals surface area (Å²) in [6.07, 6.45) is 2.85. The van der Waals surface area contributed by atoms with E-state index in [1.807, 2.05) is 61.5 Å². The Labute approximate surface area is 196 Å². The highest BCUT2D eigenvalue weighted by Crippen LogP contribution is 2.27. The van der Waals surface area contributed by atoms with Crippen molar-refractivity contribution in [2.75, 3.05) is 13.2 Å². The molecule has 170 valence electrons. The van der Waals surface area contributed by atoms with E-state index in [-0.39, 0.29) is 12.2 Å². The number of rotatable bonds is 9. The SMILES string of the molecule is Cc1cccc(OCCCn2cnc3sc(C(=O)OCCc4ccccc4)c(C)c3c2=O)c1. The largest absolute Gasteiger partial charge is 0.494 e. The second kappa shape index (κ2) is 10.4. The molecule has 0 aliphatic carbocycles. The number of aromatic nitrogens is 2. The van der Waals surface area contributed by atoms with E-state index in [4.69, 9.17) is 9.47 Å². The monoisotopic (exact) mass is 462 g/mol. The number of benzene rings is 2. The van der Waals surface area contributed by atoms with E-state index in [0.29, 0.717) is 46.7 Å². The molecule has 0 fully saturated rings. The molecular formula is C26H26N2O4S. The van der Waals surface area contributed by atoms with Crippen molar-refractivity contribution in [3.63, 3.8) is 0 Å². The average Bonchev–Trinajstić information content (AvgIpc) is 3.16. The lowest BCUT2D eigenvalue weighted by Crippen LogP contribution is -2.21. The van der Waals surface area contributed by atoms with Crippen LogP contribution in [0.2, 0.25) is 0 Å². The minimum Gasteiger partial charge on any atom is -0.494 e. The summed E-state index contributed by atoms with van der Waals surface area (Å²) in [7, 11) is 0. The highest BCUT2D eigenvalue weighted by atomic mass is 32.1. The molecule has 33 heavy (non-hydrogen) atoms. The summed E-state index contributed by atoms with van der Waals surface area (Å²) in [5.74, 6) is 0.406. The van der Waals surface area contributed by atoms with Crippen LogP contribution in [0.3, 0.4) is 0 Å². The first kappa shape index (κ1) is 22.7. The van der Waals surface area contributed by atoms with Gasteiger partial charge in [0, 0.05) is 13.0 Å². The van der Waals surface area contributed by atoms with E-state index in [1.54, 1.807) is 11.5 Å². The minimum absolute atomic E-state index is 0.146. The van der Waals surface area contributed by atoms with Gasteiger partial charge in [-0.1, -0.05) is 42.5 Å². The molecule has 2 heterocycles. The van der Waals surface area contributed by atoms with Gasteiger partial charge in [-0.05, 0) is 49.1 Å². The second-order valence-corrected chi connectivity index (χ2v) is 8.87.